The first kappa shape index (κ1) is 13.1. The summed E-state index contributed by atoms with van der Waals surface area (Å²) in [6, 6.07) is 10.4. The predicted octanol–water partition coefficient (Wildman–Crippen LogP) is 4.43. The maximum Gasteiger partial charge on any atom is 0.183 e. The molecule has 0 amide bonds. The van der Waals surface area contributed by atoms with Crippen LogP contribution in [0.5, 0.6) is 0 Å². The molecule has 2 heterocycles. The third-order valence-corrected chi connectivity index (χ3v) is 4.06. The lowest BCUT2D eigenvalue weighted by Crippen LogP contribution is -2.07. The van der Waals surface area contributed by atoms with Gasteiger partial charge in [-0.3, -0.25) is 4.98 Å². The van der Waals surface area contributed by atoms with Crippen molar-refractivity contribution < 1.29 is 0 Å². The topological polar surface area (TPSA) is 37.8 Å². The van der Waals surface area contributed by atoms with Gasteiger partial charge in [0.1, 0.15) is 0 Å². The Kier molecular flexibility index (Phi) is 3.65. The second kappa shape index (κ2) is 5.59. The Balaban J connectivity index is 1.87. The highest BCUT2D eigenvalue weighted by Crippen LogP contribution is 2.30. The minimum absolute atomic E-state index is 0.620. The van der Waals surface area contributed by atoms with Gasteiger partial charge in [-0.2, -0.15) is 0 Å². The molecule has 4 heteroatoms. The molecule has 0 saturated heterocycles. The largest absolute Gasteiger partial charge is 0.361 e. The third-order valence-electron chi connectivity index (χ3n) is 3.05. The zero-order chi connectivity index (χ0) is 13.9. The summed E-state index contributed by atoms with van der Waals surface area (Å²) < 4.78 is 0. The van der Waals surface area contributed by atoms with Gasteiger partial charge in [0.25, 0.3) is 0 Å². The third kappa shape index (κ3) is 2.80. The van der Waals surface area contributed by atoms with Crippen LogP contribution in [0.3, 0.4) is 0 Å². The van der Waals surface area contributed by atoms with E-state index in [-0.39, 0.29) is 0 Å². The molecule has 0 saturated carbocycles. The smallest absolute Gasteiger partial charge is 0.183 e. The van der Waals surface area contributed by atoms with E-state index in [1.54, 1.807) is 11.3 Å². The Morgan fingerprint density at radius 3 is 2.95 bits per heavy atom. The fourth-order valence-corrected chi connectivity index (χ4v) is 2.83. The van der Waals surface area contributed by atoms with E-state index < -0.39 is 0 Å². The number of aromatic nitrogens is 2. The van der Waals surface area contributed by atoms with E-state index >= 15 is 0 Å². The van der Waals surface area contributed by atoms with Crippen LogP contribution in [-0.2, 0) is 0 Å². The molecular weight excluding hydrogens is 266 g/mol. The minimum Gasteiger partial charge on any atom is -0.361 e. The van der Waals surface area contributed by atoms with Crippen molar-refractivity contribution in [3.05, 3.63) is 42.7 Å². The average molecular weight is 283 g/mol. The molecule has 0 aliphatic heterocycles. The van der Waals surface area contributed by atoms with Gasteiger partial charge in [-0.05, 0) is 29.7 Å². The standard InChI is InChI=1S/C16H17N3S/c1-11(2)9-18-16-19-10-15(20-16)13-5-6-14-12(8-13)4-3-7-17-14/h3-8,10-11H,9H2,1-2H3,(H,18,19). The second-order valence-electron chi connectivity index (χ2n) is 5.22. The SMILES string of the molecule is CC(C)CNc1ncc(-c2ccc3ncccc3c2)s1. The number of hydrogen-bond acceptors (Lipinski definition) is 4. The van der Waals surface area contributed by atoms with Gasteiger partial charge in [0.15, 0.2) is 5.13 Å². The molecule has 0 unspecified atom stereocenters. The lowest BCUT2D eigenvalue weighted by Gasteiger charge is -2.04. The molecule has 0 spiro atoms. The Morgan fingerprint density at radius 2 is 2.10 bits per heavy atom. The Morgan fingerprint density at radius 1 is 1.20 bits per heavy atom. The lowest BCUT2D eigenvalue weighted by molar-refractivity contribution is 0.688. The summed E-state index contributed by atoms with van der Waals surface area (Å²) in [5.74, 6) is 0.620. The first-order valence-electron chi connectivity index (χ1n) is 6.77. The number of thiazole rings is 1. The van der Waals surface area contributed by atoms with E-state index in [1.165, 1.54) is 10.4 Å². The van der Waals surface area contributed by atoms with E-state index in [0.717, 1.165) is 22.6 Å². The van der Waals surface area contributed by atoms with Crippen LogP contribution in [0.15, 0.2) is 42.7 Å². The summed E-state index contributed by atoms with van der Waals surface area (Å²) in [5.41, 5.74) is 2.22. The van der Waals surface area contributed by atoms with Crippen LogP contribution in [0.1, 0.15) is 13.8 Å². The molecule has 0 atom stereocenters. The fourth-order valence-electron chi connectivity index (χ4n) is 2.01. The minimum atomic E-state index is 0.620. The van der Waals surface area contributed by atoms with E-state index in [9.17, 15) is 0 Å². The molecule has 3 aromatic rings. The molecule has 0 aliphatic rings. The van der Waals surface area contributed by atoms with Crippen LogP contribution in [0.2, 0.25) is 0 Å². The number of fused-ring (bicyclic) bond motifs is 1. The van der Waals surface area contributed by atoms with Crippen molar-refractivity contribution in [1.82, 2.24) is 9.97 Å². The molecule has 0 aliphatic carbocycles. The summed E-state index contributed by atoms with van der Waals surface area (Å²) in [6.07, 6.45) is 3.76. The van der Waals surface area contributed by atoms with Crippen molar-refractivity contribution in [2.45, 2.75) is 13.8 Å². The van der Waals surface area contributed by atoms with Gasteiger partial charge < -0.3 is 5.32 Å². The van der Waals surface area contributed by atoms with Crippen molar-refractivity contribution in [1.29, 1.82) is 0 Å². The highest BCUT2D eigenvalue weighted by Gasteiger charge is 2.06. The van der Waals surface area contributed by atoms with Gasteiger partial charge >= 0.3 is 0 Å². The van der Waals surface area contributed by atoms with Crippen molar-refractivity contribution in [3.8, 4) is 10.4 Å². The number of rotatable bonds is 4. The maximum atomic E-state index is 4.44. The number of hydrogen-bond donors (Lipinski definition) is 1. The normalized spacial score (nSPS) is 11.2. The fraction of sp³-hybridized carbons (Fsp3) is 0.250. The molecule has 20 heavy (non-hydrogen) atoms. The molecule has 0 bridgehead atoms. The van der Waals surface area contributed by atoms with Gasteiger partial charge in [0.05, 0.1) is 10.4 Å². The zero-order valence-corrected chi connectivity index (χ0v) is 12.4. The second-order valence-corrected chi connectivity index (χ2v) is 6.25. The van der Waals surface area contributed by atoms with E-state index in [2.05, 4.69) is 53.4 Å². The molecule has 102 valence electrons. The number of nitrogens with zero attached hydrogens (tertiary/aromatic N) is 2. The quantitative estimate of drug-likeness (QED) is 0.770. The van der Waals surface area contributed by atoms with Gasteiger partial charge in [-0.1, -0.05) is 37.3 Å². The number of anilines is 1. The Hall–Kier alpha value is -1.94. The molecular formula is C16H17N3S. The lowest BCUT2D eigenvalue weighted by atomic mass is 10.1. The van der Waals surface area contributed by atoms with Crippen molar-refractivity contribution >= 4 is 27.4 Å². The predicted molar refractivity (Wildman–Crippen MR) is 86.2 cm³/mol. The summed E-state index contributed by atoms with van der Waals surface area (Å²) in [5, 5.41) is 5.51. The van der Waals surface area contributed by atoms with Gasteiger partial charge in [-0.15, -0.1) is 0 Å². The molecule has 0 fully saturated rings. The first-order valence-corrected chi connectivity index (χ1v) is 7.59. The number of nitrogens with one attached hydrogen (secondary N) is 1. The van der Waals surface area contributed by atoms with Crippen LogP contribution in [0, 0.1) is 5.92 Å². The number of pyridine rings is 1. The van der Waals surface area contributed by atoms with Gasteiger partial charge in [-0.25, -0.2) is 4.98 Å². The highest BCUT2D eigenvalue weighted by molar-refractivity contribution is 7.18. The molecule has 3 nitrogen and oxygen atoms in total. The van der Waals surface area contributed by atoms with Crippen molar-refractivity contribution in [2.75, 3.05) is 11.9 Å². The monoisotopic (exact) mass is 283 g/mol. The zero-order valence-electron chi connectivity index (χ0n) is 11.6. The van der Waals surface area contributed by atoms with Gasteiger partial charge in [0.2, 0.25) is 0 Å². The molecule has 0 radical (unpaired) electrons. The van der Waals surface area contributed by atoms with Crippen molar-refractivity contribution in [2.24, 2.45) is 5.92 Å². The Labute approximate surface area is 122 Å². The van der Waals surface area contributed by atoms with E-state index in [1.807, 2.05) is 18.5 Å². The van der Waals surface area contributed by atoms with Crippen LogP contribution in [-0.4, -0.2) is 16.5 Å². The summed E-state index contributed by atoms with van der Waals surface area (Å²) >= 11 is 1.69. The molecule has 1 aromatic carbocycles. The summed E-state index contributed by atoms with van der Waals surface area (Å²) in [6.45, 7) is 5.34. The summed E-state index contributed by atoms with van der Waals surface area (Å²) in [4.78, 5) is 9.96. The Bertz CT molecular complexity index is 718. The van der Waals surface area contributed by atoms with E-state index in [4.69, 9.17) is 0 Å². The van der Waals surface area contributed by atoms with Crippen molar-refractivity contribution in [3.63, 3.8) is 0 Å². The van der Waals surface area contributed by atoms with Crippen LogP contribution < -0.4 is 5.32 Å². The van der Waals surface area contributed by atoms with E-state index in [0.29, 0.717) is 5.92 Å². The maximum absolute atomic E-state index is 4.44. The summed E-state index contributed by atoms with van der Waals surface area (Å²) in [7, 11) is 0. The molecule has 3 rings (SSSR count). The number of benzene rings is 1. The molecule has 1 N–H and O–H groups in total. The first-order chi connectivity index (χ1) is 9.72. The highest BCUT2D eigenvalue weighted by atomic mass is 32.1. The molecule has 2 aromatic heterocycles. The van der Waals surface area contributed by atoms with Crippen LogP contribution in [0.4, 0.5) is 5.13 Å². The average Bonchev–Trinajstić information content (AvgIpc) is 2.93. The van der Waals surface area contributed by atoms with Crippen LogP contribution in [0.25, 0.3) is 21.3 Å². The van der Waals surface area contributed by atoms with Crippen LogP contribution >= 0.6 is 11.3 Å². The van der Waals surface area contributed by atoms with Gasteiger partial charge in [0, 0.05) is 24.3 Å².